The number of benzene rings is 2. The van der Waals surface area contributed by atoms with E-state index >= 15 is 0 Å². The van der Waals surface area contributed by atoms with Crippen molar-refractivity contribution in [2.75, 3.05) is 33.7 Å². The van der Waals surface area contributed by atoms with Crippen LogP contribution in [-0.2, 0) is 19.4 Å². The van der Waals surface area contributed by atoms with Crippen LogP contribution < -0.4 is 18.9 Å². The fourth-order valence-corrected chi connectivity index (χ4v) is 4.40. The van der Waals surface area contributed by atoms with E-state index in [1.807, 2.05) is 12.1 Å². The molecular formula is C21H22FNO4. The van der Waals surface area contributed by atoms with Crippen molar-refractivity contribution in [3.63, 3.8) is 0 Å². The monoisotopic (exact) mass is 371 g/mol. The Morgan fingerprint density at radius 3 is 2.70 bits per heavy atom. The minimum atomic E-state index is -0.513. The van der Waals surface area contributed by atoms with Gasteiger partial charge in [0.1, 0.15) is 13.3 Å². The van der Waals surface area contributed by atoms with Crippen LogP contribution in [0.2, 0.25) is 0 Å². The molecule has 27 heavy (non-hydrogen) atoms. The lowest BCUT2D eigenvalue weighted by molar-refractivity contribution is 0.159. The summed E-state index contributed by atoms with van der Waals surface area (Å²) in [7, 11) is 1.62. The summed E-state index contributed by atoms with van der Waals surface area (Å²) in [6.07, 6.45) is 1.90. The molecule has 0 fully saturated rings. The Labute approximate surface area is 157 Å². The second-order valence-electron chi connectivity index (χ2n) is 7.15. The summed E-state index contributed by atoms with van der Waals surface area (Å²) in [6, 6.07) is 8.66. The van der Waals surface area contributed by atoms with Gasteiger partial charge in [-0.15, -0.1) is 0 Å². The summed E-state index contributed by atoms with van der Waals surface area (Å²) in [4.78, 5) is 2.50. The van der Waals surface area contributed by atoms with Crippen molar-refractivity contribution in [1.29, 1.82) is 0 Å². The number of alkyl halides is 1. The van der Waals surface area contributed by atoms with E-state index in [0.29, 0.717) is 24.3 Å². The molecule has 0 bridgehead atoms. The van der Waals surface area contributed by atoms with Gasteiger partial charge in [-0.3, -0.25) is 4.90 Å². The Morgan fingerprint density at radius 2 is 1.89 bits per heavy atom. The Morgan fingerprint density at radius 1 is 1.07 bits per heavy atom. The normalized spacial score (nSPS) is 19.9. The Bertz CT molecular complexity index is 885. The predicted molar refractivity (Wildman–Crippen MR) is 97.6 cm³/mol. The minimum absolute atomic E-state index is 0.0437. The molecule has 0 aromatic heterocycles. The SMILES string of the molecule is COc1cc2c(cc1OCCF)CN1CCc3cc4c(cc3C1C2)OCO4. The average Bonchev–Trinajstić information content (AvgIpc) is 3.16. The first-order valence-electron chi connectivity index (χ1n) is 9.32. The smallest absolute Gasteiger partial charge is 0.231 e. The van der Waals surface area contributed by atoms with Crippen LogP contribution in [0.15, 0.2) is 24.3 Å². The maximum Gasteiger partial charge on any atom is 0.231 e. The molecule has 3 aliphatic rings. The first kappa shape index (κ1) is 16.7. The van der Waals surface area contributed by atoms with Gasteiger partial charge in [0.25, 0.3) is 0 Å². The number of halogens is 1. The zero-order valence-electron chi connectivity index (χ0n) is 15.3. The fraction of sp³-hybridized carbons (Fsp3) is 0.429. The number of rotatable bonds is 4. The van der Waals surface area contributed by atoms with Crippen molar-refractivity contribution in [3.05, 3.63) is 46.5 Å². The summed E-state index contributed by atoms with van der Waals surface area (Å²) in [5.41, 5.74) is 5.16. The molecule has 0 N–H and O–H groups in total. The molecule has 2 aromatic carbocycles. The van der Waals surface area contributed by atoms with E-state index in [1.165, 1.54) is 22.3 Å². The second-order valence-corrected chi connectivity index (χ2v) is 7.15. The molecule has 0 radical (unpaired) electrons. The molecule has 142 valence electrons. The molecule has 6 heteroatoms. The van der Waals surface area contributed by atoms with Crippen LogP contribution in [0, 0.1) is 0 Å². The third kappa shape index (κ3) is 2.79. The fourth-order valence-electron chi connectivity index (χ4n) is 4.40. The quantitative estimate of drug-likeness (QED) is 0.824. The highest BCUT2D eigenvalue weighted by Crippen LogP contribution is 2.45. The highest BCUT2D eigenvalue weighted by molar-refractivity contribution is 5.53. The molecule has 5 nitrogen and oxygen atoms in total. The first-order chi connectivity index (χ1) is 13.3. The van der Waals surface area contributed by atoms with Crippen molar-refractivity contribution in [2.45, 2.75) is 25.4 Å². The number of hydrogen-bond donors (Lipinski definition) is 0. The Balaban J connectivity index is 1.50. The van der Waals surface area contributed by atoms with Crippen molar-refractivity contribution in [2.24, 2.45) is 0 Å². The number of fused-ring (bicyclic) bond motifs is 5. The predicted octanol–water partition coefficient (Wildman–Crippen LogP) is 3.43. The van der Waals surface area contributed by atoms with E-state index in [-0.39, 0.29) is 6.61 Å². The topological polar surface area (TPSA) is 40.2 Å². The van der Waals surface area contributed by atoms with Gasteiger partial charge in [0.15, 0.2) is 23.0 Å². The van der Waals surface area contributed by atoms with E-state index in [1.54, 1.807) is 7.11 Å². The lowest BCUT2D eigenvalue weighted by Gasteiger charge is -2.41. The summed E-state index contributed by atoms with van der Waals surface area (Å²) in [5.74, 6) is 2.98. The van der Waals surface area contributed by atoms with E-state index < -0.39 is 6.67 Å². The molecule has 0 saturated heterocycles. The van der Waals surface area contributed by atoms with Gasteiger partial charge < -0.3 is 18.9 Å². The molecule has 2 aromatic rings. The standard InChI is InChI=1S/C21H22FNO4/c1-24-18-8-14-6-17-16-10-21-20(26-12-27-21)7-13(16)2-4-23(17)11-15(14)9-19(18)25-5-3-22/h7-10,17H,2-6,11-12H2,1H3. The first-order valence-corrected chi connectivity index (χ1v) is 9.32. The van der Waals surface area contributed by atoms with Crippen LogP contribution in [0.3, 0.4) is 0 Å². The Hall–Kier alpha value is -2.47. The van der Waals surface area contributed by atoms with Crippen LogP contribution in [0.25, 0.3) is 0 Å². The van der Waals surface area contributed by atoms with Gasteiger partial charge in [0, 0.05) is 19.1 Å². The molecule has 1 atom stereocenters. The van der Waals surface area contributed by atoms with Crippen molar-refractivity contribution >= 4 is 0 Å². The summed E-state index contributed by atoms with van der Waals surface area (Å²) in [6.45, 7) is 1.69. The molecule has 3 aliphatic heterocycles. The zero-order chi connectivity index (χ0) is 18.4. The van der Waals surface area contributed by atoms with Gasteiger partial charge in [-0.05, 0) is 59.4 Å². The van der Waals surface area contributed by atoms with Gasteiger partial charge in [0.05, 0.1) is 7.11 Å². The molecule has 5 rings (SSSR count). The molecule has 0 amide bonds. The van der Waals surface area contributed by atoms with Gasteiger partial charge in [-0.25, -0.2) is 4.39 Å². The van der Waals surface area contributed by atoms with E-state index in [2.05, 4.69) is 17.0 Å². The van der Waals surface area contributed by atoms with Crippen molar-refractivity contribution in [1.82, 2.24) is 4.90 Å². The highest BCUT2D eigenvalue weighted by atomic mass is 19.1. The highest BCUT2D eigenvalue weighted by Gasteiger charge is 2.34. The van der Waals surface area contributed by atoms with Crippen molar-refractivity contribution < 1.29 is 23.3 Å². The Kier molecular flexibility index (Phi) is 4.08. The van der Waals surface area contributed by atoms with Crippen LogP contribution in [0.4, 0.5) is 4.39 Å². The third-order valence-corrected chi connectivity index (χ3v) is 5.71. The third-order valence-electron chi connectivity index (χ3n) is 5.71. The van der Waals surface area contributed by atoms with E-state index in [0.717, 1.165) is 37.4 Å². The number of nitrogens with zero attached hydrogens (tertiary/aromatic N) is 1. The second kappa shape index (κ2) is 6.60. The summed E-state index contributed by atoms with van der Waals surface area (Å²) in [5, 5.41) is 0. The number of hydrogen-bond acceptors (Lipinski definition) is 5. The number of ether oxygens (including phenoxy) is 4. The lowest BCUT2D eigenvalue weighted by Crippen LogP contribution is -2.39. The minimum Gasteiger partial charge on any atom is -0.493 e. The van der Waals surface area contributed by atoms with Gasteiger partial charge in [-0.1, -0.05) is 0 Å². The maximum atomic E-state index is 12.5. The van der Waals surface area contributed by atoms with Gasteiger partial charge in [-0.2, -0.15) is 0 Å². The lowest BCUT2D eigenvalue weighted by atomic mass is 9.83. The van der Waals surface area contributed by atoms with E-state index in [4.69, 9.17) is 18.9 Å². The molecule has 0 saturated carbocycles. The zero-order valence-corrected chi connectivity index (χ0v) is 15.3. The van der Waals surface area contributed by atoms with Crippen LogP contribution in [-0.4, -0.2) is 38.6 Å². The molecular weight excluding hydrogens is 349 g/mol. The average molecular weight is 371 g/mol. The van der Waals surface area contributed by atoms with Gasteiger partial charge in [0.2, 0.25) is 6.79 Å². The molecule has 3 heterocycles. The van der Waals surface area contributed by atoms with Crippen LogP contribution >= 0.6 is 0 Å². The summed E-state index contributed by atoms with van der Waals surface area (Å²) < 4.78 is 34.7. The van der Waals surface area contributed by atoms with Crippen LogP contribution in [0.1, 0.15) is 28.3 Å². The largest absolute Gasteiger partial charge is 0.493 e. The number of methoxy groups -OCH3 is 1. The van der Waals surface area contributed by atoms with E-state index in [9.17, 15) is 4.39 Å². The molecule has 1 unspecified atom stereocenters. The molecule has 0 aliphatic carbocycles. The van der Waals surface area contributed by atoms with Crippen molar-refractivity contribution in [3.8, 4) is 23.0 Å². The van der Waals surface area contributed by atoms with Gasteiger partial charge >= 0.3 is 0 Å². The maximum absolute atomic E-state index is 12.5. The molecule has 0 spiro atoms. The summed E-state index contributed by atoms with van der Waals surface area (Å²) >= 11 is 0. The van der Waals surface area contributed by atoms with Crippen LogP contribution in [0.5, 0.6) is 23.0 Å².